The highest BCUT2D eigenvalue weighted by molar-refractivity contribution is 6.37. The van der Waals surface area contributed by atoms with E-state index in [0.717, 1.165) is 12.1 Å². The van der Waals surface area contributed by atoms with Gasteiger partial charge in [0.25, 0.3) is 5.91 Å². The van der Waals surface area contributed by atoms with Gasteiger partial charge in [0.1, 0.15) is 0 Å². The summed E-state index contributed by atoms with van der Waals surface area (Å²) in [7, 11) is 1.46. The molecule has 0 spiro atoms. The highest BCUT2D eigenvalue weighted by Gasteiger charge is 2.22. The average Bonchev–Trinajstić information content (AvgIpc) is 3.01. The lowest BCUT2D eigenvalue weighted by Gasteiger charge is -2.17. The van der Waals surface area contributed by atoms with Crippen LogP contribution in [0.25, 0.3) is 0 Å². The number of nitrogens with zero attached hydrogens (tertiary/aromatic N) is 1. The molecule has 0 aliphatic carbocycles. The van der Waals surface area contributed by atoms with Gasteiger partial charge in [-0.1, -0.05) is 29.3 Å². The number of nitrogens with one attached hydrogen (secondary N) is 1. The number of amides is 2. The van der Waals surface area contributed by atoms with Crippen LogP contribution in [0.1, 0.15) is 23.2 Å². The molecule has 2 aromatic carbocycles. The molecule has 0 saturated carbocycles. The molecule has 2 amide bonds. The number of halogens is 2. The summed E-state index contributed by atoms with van der Waals surface area (Å²) >= 11 is 12.2. The topological polar surface area (TPSA) is 58.6 Å². The summed E-state index contributed by atoms with van der Waals surface area (Å²) in [6, 6.07) is 10.2. The van der Waals surface area contributed by atoms with Gasteiger partial charge in [0, 0.05) is 29.9 Å². The number of ether oxygens (including phenoxy) is 1. The summed E-state index contributed by atoms with van der Waals surface area (Å²) in [5, 5.41) is 3.32. The molecule has 25 heavy (non-hydrogen) atoms. The van der Waals surface area contributed by atoms with Crippen molar-refractivity contribution in [1.82, 2.24) is 0 Å². The van der Waals surface area contributed by atoms with Crippen LogP contribution in [0.5, 0.6) is 5.75 Å². The van der Waals surface area contributed by atoms with E-state index >= 15 is 0 Å². The van der Waals surface area contributed by atoms with E-state index in [1.807, 2.05) is 6.07 Å². The highest BCUT2D eigenvalue weighted by atomic mass is 35.5. The van der Waals surface area contributed by atoms with Gasteiger partial charge in [0.2, 0.25) is 5.91 Å². The molecule has 0 unspecified atom stereocenters. The van der Waals surface area contributed by atoms with Crippen molar-refractivity contribution in [3.05, 3.63) is 52.0 Å². The van der Waals surface area contributed by atoms with Crippen molar-refractivity contribution >= 4 is 46.4 Å². The zero-order chi connectivity index (χ0) is 18.0. The van der Waals surface area contributed by atoms with E-state index in [4.69, 9.17) is 27.9 Å². The van der Waals surface area contributed by atoms with Crippen LogP contribution < -0.4 is 15.0 Å². The number of methoxy groups -OCH3 is 1. The Balaban J connectivity index is 1.81. The fourth-order valence-corrected chi connectivity index (χ4v) is 3.40. The van der Waals surface area contributed by atoms with Crippen molar-refractivity contribution < 1.29 is 14.3 Å². The van der Waals surface area contributed by atoms with Crippen molar-refractivity contribution in [2.24, 2.45) is 0 Å². The van der Waals surface area contributed by atoms with E-state index < -0.39 is 0 Å². The smallest absolute Gasteiger partial charge is 0.255 e. The van der Waals surface area contributed by atoms with Crippen LogP contribution in [0.2, 0.25) is 10.0 Å². The zero-order valence-corrected chi connectivity index (χ0v) is 15.0. The van der Waals surface area contributed by atoms with Crippen LogP contribution in [-0.2, 0) is 4.79 Å². The van der Waals surface area contributed by atoms with Gasteiger partial charge in [-0.15, -0.1) is 0 Å². The molecule has 0 atom stereocenters. The molecule has 1 heterocycles. The Morgan fingerprint density at radius 3 is 2.52 bits per heavy atom. The first kappa shape index (κ1) is 17.6. The third kappa shape index (κ3) is 3.72. The second kappa shape index (κ2) is 7.33. The third-order valence-corrected chi connectivity index (χ3v) is 4.52. The van der Waals surface area contributed by atoms with Crippen molar-refractivity contribution in [2.75, 3.05) is 23.9 Å². The van der Waals surface area contributed by atoms with Gasteiger partial charge in [-0.2, -0.15) is 0 Å². The quantitative estimate of drug-likeness (QED) is 0.858. The Morgan fingerprint density at radius 2 is 1.92 bits per heavy atom. The molecular formula is C18H16Cl2N2O3. The fourth-order valence-electron chi connectivity index (χ4n) is 2.76. The normalized spacial score (nSPS) is 13.9. The Kier molecular flexibility index (Phi) is 5.16. The largest absolute Gasteiger partial charge is 0.494 e. The lowest BCUT2D eigenvalue weighted by Crippen LogP contribution is -2.23. The minimum absolute atomic E-state index is 0.0946. The van der Waals surface area contributed by atoms with Crippen LogP contribution in [0.4, 0.5) is 11.4 Å². The molecule has 5 nitrogen and oxygen atoms in total. The third-order valence-electron chi connectivity index (χ3n) is 3.95. The summed E-state index contributed by atoms with van der Waals surface area (Å²) in [5.74, 6) is 0.0722. The molecule has 0 aromatic heterocycles. The van der Waals surface area contributed by atoms with E-state index in [9.17, 15) is 9.59 Å². The molecule has 0 radical (unpaired) electrons. The maximum absolute atomic E-state index is 12.5. The Hall–Kier alpha value is -2.24. The Morgan fingerprint density at radius 1 is 1.20 bits per heavy atom. The number of carbonyl (C=O) groups excluding carboxylic acids is 2. The minimum atomic E-state index is -0.351. The van der Waals surface area contributed by atoms with Gasteiger partial charge in [0.05, 0.1) is 17.2 Å². The fraction of sp³-hybridized carbons (Fsp3) is 0.222. The van der Waals surface area contributed by atoms with Crippen LogP contribution in [0.15, 0.2) is 36.4 Å². The van der Waals surface area contributed by atoms with Crippen molar-refractivity contribution in [3.63, 3.8) is 0 Å². The molecule has 0 bridgehead atoms. The summed E-state index contributed by atoms with van der Waals surface area (Å²) in [6.45, 7) is 0.694. The first-order valence-electron chi connectivity index (χ1n) is 7.74. The summed E-state index contributed by atoms with van der Waals surface area (Å²) in [6.07, 6.45) is 1.40. The molecule has 1 aliphatic heterocycles. The average molecular weight is 379 g/mol. The molecule has 2 aromatic rings. The van der Waals surface area contributed by atoms with E-state index in [1.54, 1.807) is 23.1 Å². The minimum Gasteiger partial charge on any atom is -0.494 e. The second-order valence-electron chi connectivity index (χ2n) is 5.63. The molecule has 1 fully saturated rings. The van der Waals surface area contributed by atoms with Crippen molar-refractivity contribution in [3.8, 4) is 5.75 Å². The summed E-state index contributed by atoms with van der Waals surface area (Å²) in [4.78, 5) is 26.0. The molecule has 130 valence electrons. The van der Waals surface area contributed by atoms with Crippen LogP contribution in [-0.4, -0.2) is 25.5 Å². The molecule has 1 saturated heterocycles. The number of anilines is 2. The van der Waals surface area contributed by atoms with Gasteiger partial charge >= 0.3 is 0 Å². The van der Waals surface area contributed by atoms with E-state index in [1.165, 1.54) is 19.2 Å². The molecule has 1 aliphatic rings. The lowest BCUT2D eigenvalue weighted by molar-refractivity contribution is -0.117. The zero-order valence-electron chi connectivity index (χ0n) is 13.5. The molecule has 7 heteroatoms. The monoisotopic (exact) mass is 378 g/mol. The first-order chi connectivity index (χ1) is 12.0. The van der Waals surface area contributed by atoms with E-state index in [0.29, 0.717) is 30.0 Å². The maximum atomic E-state index is 12.5. The van der Waals surface area contributed by atoms with Gasteiger partial charge < -0.3 is 15.0 Å². The molecule has 1 N–H and O–H groups in total. The number of hydrogen-bond donors (Lipinski definition) is 1. The van der Waals surface area contributed by atoms with E-state index in [2.05, 4.69) is 5.32 Å². The molecule has 3 rings (SSSR count). The Bertz CT molecular complexity index is 816. The van der Waals surface area contributed by atoms with Gasteiger partial charge in [-0.25, -0.2) is 0 Å². The van der Waals surface area contributed by atoms with E-state index in [-0.39, 0.29) is 21.9 Å². The number of hydrogen-bond acceptors (Lipinski definition) is 3. The standard InChI is InChI=1S/C18H16Cl2N2O3/c1-25-17-14(19)8-11(9-15(17)20)18(24)21-12-4-2-5-13(10-12)22-7-3-6-16(22)23/h2,4-5,8-10H,3,6-7H2,1H3,(H,21,24). The maximum Gasteiger partial charge on any atom is 0.255 e. The predicted molar refractivity (Wildman–Crippen MR) is 99.0 cm³/mol. The number of carbonyl (C=O) groups is 2. The van der Waals surface area contributed by atoms with Crippen LogP contribution in [0.3, 0.4) is 0 Å². The van der Waals surface area contributed by atoms with Crippen molar-refractivity contribution in [1.29, 1.82) is 0 Å². The van der Waals surface area contributed by atoms with Gasteiger partial charge in [-0.05, 0) is 36.8 Å². The summed E-state index contributed by atoms with van der Waals surface area (Å²) in [5.41, 5.74) is 1.68. The highest BCUT2D eigenvalue weighted by Crippen LogP contribution is 2.34. The number of benzene rings is 2. The SMILES string of the molecule is COc1c(Cl)cc(C(=O)Nc2cccc(N3CCCC3=O)c2)cc1Cl. The predicted octanol–water partition coefficient (Wildman–Crippen LogP) is 4.38. The van der Waals surface area contributed by atoms with Crippen LogP contribution in [0, 0.1) is 0 Å². The molecular weight excluding hydrogens is 363 g/mol. The van der Waals surface area contributed by atoms with Gasteiger partial charge in [-0.3, -0.25) is 9.59 Å². The van der Waals surface area contributed by atoms with Crippen molar-refractivity contribution in [2.45, 2.75) is 12.8 Å². The lowest BCUT2D eigenvalue weighted by atomic mass is 10.2. The second-order valence-corrected chi connectivity index (χ2v) is 6.44. The Labute approximate surface area is 155 Å². The summed E-state index contributed by atoms with van der Waals surface area (Å²) < 4.78 is 5.08. The first-order valence-corrected chi connectivity index (χ1v) is 8.50. The van der Waals surface area contributed by atoms with Gasteiger partial charge in [0.15, 0.2) is 5.75 Å². The number of rotatable bonds is 4. The van der Waals surface area contributed by atoms with Crippen LogP contribution >= 0.6 is 23.2 Å².